The summed E-state index contributed by atoms with van der Waals surface area (Å²) in [6.45, 7) is 0. The molecule has 0 amide bonds. The van der Waals surface area contributed by atoms with Crippen LogP contribution in [0, 0.1) is 0 Å². The van der Waals surface area contributed by atoms with E-state index in [1.54, 1.807) is 0 Å². The molecule has 1 aliphatic rings. The monoisotopic (exact) mass is 588 g/mol. The van der Waals surface area contributed by atoms with Crippen LogP contribution < -0.4 is 5.56 Å². The Morgan fingerprint density at radius 1 is 0.578 bits per heavy atom. The number of aryl methyl sites for hydroxylation is 4. The summed E-state index contributed by atoms with van der Waals surface area (Å²) in [6, 6.07) is 40.4. The number of fused-ring (bicyclic) bond motifs is 2. The summed E-state index contributed by atoms with van der Waals surface area (Å²) in [7, 11) is 0. The summed E-state index contributed by atoms with van der Waals surface area (Å²) in [5, 5.41) is 1.79. The number of benzene rings is 4. The summed E-state index contributed by atoms with van der Waals surface area (Å²) in [6.07, 6.45) is 10.1. The number of hydrogen-bond acceptors (Lipinski definition) is 2. The number of nitrogens with zero attached hydrogens (tertiary/aromatic N) is 1. The fourth-order valence-electron chi connectivity index (χ4n) is 7.21. The topological polar surface area (TPSA) is 45.8 Å². The number of H-pyrrole nitrogens is 1. The average molecular weight is 589 g/mol. The molecule has 0 unspecified atom stereocenters. The number of rotatable bonds is 10. The van der Waals surface area contributed by atoms with E-state index in [0.29, 0.717) is 0 Å². The number of hydrogen-bond donors (Lipinski definition) is 1. The molecular formula is C42H40N2O. The van der Waals surface area contributed by atoms with Crippen LogP contribution in [0.15, 0.2) is 120 Å². The first-order valence-corrected chi connectivity index (χ1v) is 16.6. The second-order valence-corrected chi connectivity index (χ2v) is 12.3. The largest absolute Gasteiger partial charge is 0.320 e. The molecule has 2 heterocycles. The molecule has 0 fully saturated rings. The molecule has 1 N–H and O–H groups in total. The zero-order valence-electron chi connectivity index (χ0n) is 25.9. The van der Waals surface area contributed by atoms with Crippen molar-refractivity contribution >= 4 is 10.8 Å². The highest BCUT2D eigenvalue weighted by molar-refractivity contribution is 5.91. The molecule has 3 nitrogen and oxygen atoms in total. The minimum Gasteiger partial charge on any atom is -0.320 e. The summed E-state index contributed by atoms with van der Waals surface area (Å²) in [5.41, 5.74) is 12.2. The van der Waals surface area contributed by atoms with Crippen LogP contribution in [0.1, 0.15) is 59.2 Å². The SMILES string of the molecule is O=c1[nH]c(-c2nc3c(c(-c4ccccc4)c2CCCc2ccccc2)CCCC3)c(CCCc2ccccc2)c2ccccc12. The number of aromatic nitrogens is 2. The highest BCUT2D eigenvalue weighted by Crippen LogP contribution is 2.40. The normalized spacial score (nSPS) is 12.7. The van der Waals surface area contributed by atoms with Gasteiger partial charge in [-0.3, -0.25) is 9.78 Å². The fourth-order valence-corrected chi connectivity index (χ4v) is 7.21. The molecule has 45 heavy (non-hydrogen) atoms. The van der Waals surface area contributed by atoms with Crippen molar-refractivity contribution in [2.45, 2.75) is 64.2 Å². The smallest absolute Gasteiger partial charge is 0.256 e. The molecule has 0 atom stereocenters. The molecule has 0 saturated heterocycles. The maximum atomic E-state index is 13.7. The Morgan fingerprint density at radius 3 is 1.80 bits per heavy atom. The third kappa shape index (κ3) is 6.26. The summed E-state index contributed by atoms with van der Waals surface area (Å²) in [5.74, 6) is 0. The van der Waals surface area contributed by atoms with Gasteiger partial charge in [0.15, 0.2) is 0 Å². The Kier molecular flexibility index (Phi) is 8.68. The van der Waals surface area contributed by atoms with Crippen LogP contribution in [0.2, 0.25) is 0 Å². The quantitative estimate of drug-likeness (QED) is 0.173. The molecule has 0 aliphatic heterocycles. The van der Waals surface area contributed by atoms with E-state index in [1.807, 2.05) is 12.1 Å². The van der Waals surface area contributed by atoms with E-state index >= 15 is 0 Å². The lowest BCUT2D eigenvalue weighted by Gasteiger charge is -2.26. The molecule has 4 aromatic carbocycles. The van der Waals surface area contributed by atoms with Gasteiger partial charge in [0.2, 0.25) is 0 Å². The van der Waals surface area contributed by atoms with Gasteiger partial charge in [-0.1, -0.05) is 109 Å². The highest BCUT2D eigenvalue weighted by Gasteiger charge is 2.26. The van der Waals surface area contributed by atoms with Gasteiger partial charge in [-0.15, -0.1) is 0 Å². The number of aromatic amines is 1. The van der Waals surface area contributed by atoms with Gasteiger partial charge in [-0.25, -0.2) is 0 Å². The molecule has 1 aliphatic carbocycles. The fraction of sp³-hybridized carbons (Fsp3) is 0.238. The average Bonchev–Trinajstić information content (AvgIpc) is 3.10. The molecule has 6 aromatic rings. The Bertz CT molecular complexity index is 1960. The summed E-state index contributed by atoms with van der Waals surface area (Å²) < 4.78 is 0. The van der Waals surface area contributed by atoms with E-state index in [2.05, 4.69) is 108 Å². The van der Waals surface area contributed by atoms with Crippen LogP contribution >= 0.6 is 0 Å². The third-order valence-corrected chi connectivity index (χ3v) is 9.38. The first-order chi connectivity index (χ1) is 22.3. The molecule has 0 radical (unpaired) electrons. The lowest BCUT2D eigenvalue weighted by Crippen LogP contribution is -2.16. The molecular weight excluding hydrogens is 548 g/mol. The van der Waals surface area contributed by atoms with Gasteiger partial charge in [-0.2, -0.15) is 0 Å². The van der Waals surface area contributed by atoms with Crippen LogP contribution in [-0.4, -0.2) is 9.97 Å². The van der Waals surface area contributed by atoms with E-state index in [1.165, 1.54) is 51.1 Å². The maximum absolute atomic E-state index is 13.7. The lowest BCUT2D eigenvalue weighted by molar-refractivity contribution is 0.666. The zero-order valence-corrected chi connectivity index (χ0v) is 25.9. The minimum absolute atomic E-state index is 0.0385. The van der Waals surface area contributed by atoms with Crippen LogP contribution in [0.3, 0.4) is 0 Å². The van der Waals surface area contributed by atoms with E-state index in [4.69, 9.17) is 4.98 Å². The van der Waals surface area contributed by atoms with Gasteiger partial charge in [-0.05, 0) is 115 Å². The van der Waals surface area contributed by atoms with Crippen molar-refractivity contribution in [3.05, 3.63) is 159 Å². The van der Waals surface area contributed by atoms with Crippen molar-refractivity contribution < 1.29 is 0 Å². The standard InChI is InChI=1S/C42H40N2O/c45-42-35-25-11-10-24-33(35)34(27-14-20-30-16-4-1-5-17-30)40(44-42)41-37(28-15-21-31-18-6-2-7-19-31)39(32-22-8-3-9-23-32)36-26-12-13-29-38(36)43-41/h1-11,16-19,22-25H,12-15,20-21,26-29H2,(H,44,45). The van der Waals surface area contributed by atoms with Gasteiger partial charge in [0, 0.05) is 11.1 Å². The lowest BCUT2D eigenvalue weighted by atomic mass is 9.83. The van der Waals surface area contributed by atoms with Crippen molar-refractivity contribution in [2.75, 3.05) is 0 Å². The van der Waals surface area contributed by atoms with Crippen molar-refractivity contribution in [2.24, 2.45) is 0 Å². The molecule has 3 heteroatoms. The predicted molar refractivity (Wildman–Crippen MR) is 187 cm³/mol. The molecule has 0 saturated carbocycles. The van der Waals surface area contributed by atoms with E-state index in [0.717, 1.165) is 79.9 Å². The van der Waals surface area contributed by atoms with Crippen LogP contribution in [0.4, 0.5) is 0 Å². The zero-order chi connectivity index (χ0) is 30.4. The van der Waals surface area contributed by atoms with Crippen LogP contribution in [-0.2, 0) is 38.5 Å². The second-order valence-electron chi connectivity index (χ2n) is 12.3. The van der Waals surface area contributed by atoms with Gasteiger partial charge in [0.1, 0.15) is 0 Å². The van der Waals surface area contributed by atoms with E-state index in [-0.39, 0.29) is 5.56 Å². The predicted octanol–water partition coefficient (Wildman–Crippen LogP) is 9.49. The van der Waals surface area contributed by atoms with Crippen LogP contribution in [0.25, 0.3) is 33.3 Å². The first-order valence-electron chi connectivity index (χ1n) is 16.6. The third-order valence-electron chi connectivity index (χ3n) is 9.38. The number of nitrogens with one attached hydrogen (secondary N) is 1. The molecule has 0 bridgehead atoms. The van der Waals surface area contributed by atoms with Gasteiger partial charge in [0.05, 0.1) is 11.4 Å². The molecule has 224 valence electrons. The Balaban J connectivity index is 1.40. The second kappa shape index (κ2) is 13.5. The van der Waals surface area contributed by atoms with Gasteiger partial charge >= 0.3 is 0 Å². The molecule has 2 aromatic heterocycles. The van der Waals surface area contributed by atoms with Crippen molar-refractivity contribution in [1.82, 2.24) is 9.97 Å². The van der Waals surface area contributed by atoms with Gasteiger partial charge < -0.3 is 4.98 Å². The molecule has 7 rings (SSSR count). The maximum Gasteiger partial charge on any atom is 0.256 e. The molecule has 0 spiro atoms. The van der Waals surface area contributed by atoms with Crippen molar-refractivity contribution in [3.8, 4) is 22.5 Å². The highest BCUT2D eigenvalue weighted by atomic mass is 16.1. The Labute approximate surface area is 266 Å². The minimum atomic E-state index is -0.0385. The summed E-state index contributed by atoms with van der Waals surface area (Å²) >= 11 is 0. The summed E-state index contributed by atoms with van der Waals surface area (Å²) in [4.78, 5) is 22.6. The van der Waals surface area contributed by atoms with E-state index < -0.39 is 0 Å². The van der Waals surface area contributed by atoms with Gasteiger partial charge in [0.25, 0.3) is 5.56 Å². The van der Waals surface area contributed by atoms with Crippen molar-refractivity contribution in [3.63, 3.8) is 0 Å². The van der Waals surface area contributed by atoms with E-state index in [9.17, 15) is 4.79 Å². The Hall–Kier alpha value is -4.76. The first kappa shape index (κ1) is 29.0. The van der Waals surface area contributed by atoms with Crippen molar-refractivity contribution in [1.29, 1.82) is 0 Å². The number of pyridine rings is 2. The Morgan fingerprint density at radius 2 is 1.13 bits per heavy atom. The van der Waals surface area contributed by atoms with Crippen LogP contribution in [0.5, 0.6) is 0 Å².